The lowest BCUT2D eigenvalue weighted by molar-refractivity contribution is -0.136. The summed E-state index contributed by atoms with van der Waals surface area (Å²) in [7, 11) is 1.50. The molecule has 10 nitrogen and oxygen atoms in total. The summed E-state index contributed by atoms with van der Waals surface area (Å²) in [6, 6.07) is 5.24. The summed E-state index contributed by atoms with van der Waals surface area (Å²) in [6.45, 7) is 3.34. The van der Waals surface area contributed by atoms with E-state index in [0.29, 0.717) is 77.8 Å². The van der Waals surface area contributed by atoms with E-state index >= 15 is 0 Å². The summed E-state index contributed by atoms with van der Waals surface area (Å²) in [5, 5.41) is 3.08. The van der Waals surface area contributed by atoms with E-state index in [1.54, 1.807) is 35.5 Å². The number of carbonyl (C=O) groups is 3. The van der Waals surface area contributed by atoms with Crippen molar-refractivity contribution >= 4 is 28.6 Å². The fourth-order valence-electron chi connectivity index (χ4n) is 4.51. The number of carbonyl (C=O) groups excluding carboxylic acids is 3. The van der Waals surface area contributed by atoms with Gasteiger partial charge in [-0.25, -0.2) is 9.97 Å². The van der Waals surface area contributed by atoms with Gasteiger partial charge in [0.1, 0.15) is 17.9 Å². The minimum atomic E-state index is -0.236. The number of nitrogens with zero attached hydrogens (tertiary/aromatic N) is 3. The second kappa shape index (κ2) is 10.7. The normalized spacial score (nSPS) is 16.1. The third-order valence-electron chi connectivity index (χ3n) is 6.91. The Kier molecular flexibility index (Phi) is 7.18. The number of nitrogens with one attached hydrogen (secondary N) is 2. The Morgan fingerprint density at radius 3 is 2.65 bits per heavy atom. The zero-order chi connectivity index (χ0) is 25.9. The van der Waals surface area contributed by atoms with Crippen molar-refractivity contribution in [1.29, 1.82) is 0 Å². The van der Waals surface area contributed by atoms with Gasteiger partial charge in [-0.15, -0.1) is 0 Å². The largest absolute Gasteiger partial charge is 0.493 e. The molecule has 5 rings (SSSR count). The maximum atomic E-state index is 13.2. The number of hydrogen-bond donors (Lipinski definition) is 2. The van der Waals surface area contributed by atoms with Crippen molar-refractivity contribution in [2.24, 2.45) is 5.92 Å². The van der Waals surface area contributed by atoms with E-state index in [-0.39, 0.29) is 30.2 Å². The van der Waals surface area contributed by atoms with Gasteiger partial charge in [0.2, 0.25) is 5.91 Å². The van der Waals surface area contributed by atoms with Crippen LogP contribution in [0.1, 0.15) is 53.3 Å². The maximum Gasteiger partial charge on any atom is 0.255 e. The molecule has 2 amide bonds. The minimum Gasteiger partial charge on any atom is -0.493 e. The Morgan fingerprint density at radius 2 is 1.95 bits per heavy atom. The van der Waals surface area contributed by atoms with Crippen LogP contribution in [0.2, 0.25) is 0 Å². The first-order valence-electron chi connectivity index (χ1n) is 12.6. The molecule has 2 fully saturated rings. The van der Waals surface area contributed by atoms with Crippen LogP contribution in [0, 0.1) is 5.92 Å². The Hall–Kier alpha value is -3.79. The van der Waals surface area contributed by atoms with Gasteiger partial charge in [-0.05, 0) is 56.7 Å². The molecule has 37 heavy (non-hydrogen) atoms. The van der Waals surface area contributed by atoms with Gasteiger partial charge < -0.3 is 24.7 Å². The molecule has 0 spiro atoms. The van der Waals surface area contributed by atoms with Gasteiger partial charge in [0.15, 0.2) is 11.6 Å². The van der Waals surface area contributed by atoms with Crippen molar-refractivity contribution in [3.63, 3.8) is 0 Å². The Labute approximate surface area is 214 Å². The highest BCUT2D eigenvalue weighted by Crippen LogP contribution is 2.34. The Balaban J connectivity index is 1.36. The number of ketones is 1. The SMILES string of the molecule is COCC(=O)N1CCC(NC(=O)c2c[nH]c3cnc(-c4cc(C(C)=O)ccc4OCC4CC4)nc23)CC1. The number of piperidine rings is 1. The first-order valence-corrected chi connectivity index (χ1v) is 12.6. The van der Waals surface area contributed by atoms with Crippen molar-refractivity contribution in [3.8, 4) is 17.1 Å². The number of amides is 2. The number of H-pyrrole nitrogens is 1. The van der Waals surface area contributed by atoms with Crippen molar-refractivity contribution in [2.75, 3.05) is 33.4 Å². The lowest BCUT2D eigenvalue weighted by atomic mass is 10.0. The van der Waals surface area contributed by atoms with Crippen LogP contribution in [-0.2, 0) is 9.53 Å². The lowest BCUT2D eigenvalue weighted by Crippen LogP contribution is -2.47. The van der Waals surface area contributed by atoms with Crippen LogP contribution in [-0.4, -0.2) is 76.9 Å². The van der Waals surface area contributed by atoms with Gasteiger partial charge in [0, 0.05) is 38.0 Å². The van der Waals surface area contributed by atoms with Crippen molar-refractivity contribution in [2.45, 2.75) is 38.6 Å². The summed E-state index contributed by atoms with van der Waals surface area (Å²) in [5.41, 5.74) is 2.71. The number of fused-ring (bicyclic) bond motifs is 1. The fraction of sp³-hybridized carbons (Fsp3) is 0.444. The fourth-order valence-corrected chi connectivity index (χ4v) is 4.51. The van der Waals surface area contributed by atoms with Gasteiger partial charge >= 0.3 is 0 Å². The molecule has 1 aliphatic heterocycles. The summed E-state index contributed by atoms with van der Waals surface area (Å²) >= 11 is 0. The number of likely N-dealkylation sites (tertiary alicyclic amines) is 1. The third kappa shape index (κ3) is 5.64. The van der Waals surface area contributed by atoms with Gasteiger partial charge in [0.05, 0.1) is 29.4 Å². The molecule has 1 aliphatic carbocycles. The molecule has 0 radical (unpaired) electrons. The summed E-state index contributed by atoms with van der Waals surface area (Å²) in [6.07, 6.45) is 6.93. The highest BCUT2D eigenvalue weighted by atomic mass is 16.5. The highest BCUT2D eigenvalue weighted by molar-refractivity contribution is 6.05. The van der Waals surface area contributed by atoms with Crippen LogP contribution >= 0.6 is 0 Å². The van der Waals surface area contributed by atoms with Crippen molar-refractivity contribution in [1.82, 2.24) is 25.2 Å². The molecule has 1 aromatic carbocycles. The minimum absolute atomic E-state index is 0.0394. The predicted octanol–water partition coefficient (Wildman–Crippen LogP) is 2.98. The third-order valence-corrected chi connectivity index (χ3v) is 6.91. The standard InChI is InChI=1S/C27H31N5O5/c1-16(33)18-5-6-23(37-14-17-3-4-17)20(11-18)26-29-13-22-25(31-26)21(12-28-22)27(35)30-19-7-9-32(10-8-19)24(34)15-36-2/h5-6,11-13,17,19,28H,3-4,7-10,14-15H2,1-2H3,(H,30,35). The Morgan fingerprint density at radius 1 is 1.16 bits per heavy atom. The van der Waals surface area contributed by atoms with Gasteiger partial charge in [-0.1, -0.05) is 0 Å². The van der Waals surface area contributed by atoms with E-state index in [1.807, 2.05) is 0 Å². The number of benzene rings is 1. The molecule has 2 N–H and O–H groups in total. The number of Topliss-reactive ketones (excluding diaryl/α,β-unsaturated/α-hetero) is 1. The number of aromatic amines is 1. The molecule has 3 heterocycles. The number of aromatic nitrogens is 3. The number of methoxy groups -OCH3 is 1. The number of ether oxygens (including phenoxy) is 2. The molecular formula is C27H31N5O5. The maximum absolute atomic E-state index is 13.2. The van der Waals surface area contributed by atoms with E-state index in [9.17, 15) is 14.4 Å². The van der Waals surface area contributed by atoms with Crippen LogP contribution in [0.25, 0.3) is 22.4 Å². The smallest absolute Gasteiger partial charge is 0.255 e. The monoisotopic (exact) mass is 505 g/mol. The van der Waals surface area contributed by atoms with Gasteiger partial charge in [0.25, 0.3) is 5.91 Å². The molecule has 2 aromatic heterocycles. The van der Waals surface area contributed by atoms with E-state index in [4.69, 9.17) is 14.5 Å². The summed E-state index contributed by atoms with van der Waals surface area (Å²) in [4.78, 5) is 51.3. The Bertz CT molecular complexity index is 1320. The zero-order valence-corrected chi connectivity index (χ0v) is 21.1. The van der Waals surface area contributed by atoms with E-state index in [2.05, 4.69) is 15.3 Å². The first-order chi connectivity index (χ1) is 17.9. The highest BCUT2D eigenvalue weighted by Gasteiger charge is 2.26. The van der Waals surface area contributed by atoms with Crippen LogP contribution in [0.5, 0.6) is 5.75 Å². The van der Waals surface area contributed by atoms with Crippen molar-refractivity contribution in [3.05, 3.63) is 41.7 Å². The molecule has 1 saturated heterocycles. The molecule has 0 unspecified atom stereocenters. The molecule has 194 valence electrons. The average molecular weight is 506 g/mol. The molecule has 1 saturated carbocycles. The van der Waals surface area contributed by atoms with E-state index in [0.717, 1.165) is 12.8 Å². The first kappa shape index (κ1) is 24.9. The molecule has 0 bridgehead atoms. The predicted molar refractivity (Wildman–Crippen MR) is 136 cm³/mol. The molecule has 3 aromatic rings. The van der Waals surface area contributed by atoms with E-state index < -0.39 is 0 Å². The van der Waals surface area contributed by atoms with Gasteiger partial charge in [-0.2, -0.15) is 0 Å². The van der Waals surface area contributed by atoms with E-state index in [1.165, 1.54) is 14.0 Å². The van der Waals surface area contributed by atoms with Crippen LogP contribution in [0.3, 0.4) is 0 Å². The molecular weight excluding hydrogens is 474 g/mol. The topological polar surface area (TPSA) is 127 Å². The number of hydrogen-bond acceptors (Lipinski definition) is 7. The van der Waals surface area contributed by atoms with Crippen molar-refractivity contribution < 1.29 is 23.9 Å². The second-order valence-electron chi connectivity index (χ2n) is 9.74. The molecule has 2 aliphatic rings. The quantitative estimate of drug-likeness (QED) is 0.428. The molecule has 10 heteroatoms. The zero-order valence-electron chi connectivity index (χ0n) is 21.1. The summed E-state index contributed by atoms with van der Waals surface area (Å²) in [5.74, 6) is 1.23. The van der Waals surface area contributed by atoms with Crippen LogP contribution in [0.15, 0.2) is 30.6 Å². The van der Waals surface area contributed by atoms with Crippen LogP contribution < -0.4 is 10.1 Å². The summed E-state index contributed by atoms with van der Waals surface area (Å²) < 4.78 is 11.0. The average Bonchev–Trinajstić information content (AvgIpc) is 3.64. The van der Waals surface area contributed by atoms with Crippen LogP contribution in [0.4, 0.5) is 0 Å². The lowest BCUT2D eigenvalue weighted by Gasteiger charge is -2.32. The van der Waals surface area contributed by atoms with Gasteiger partial charge in [-0.3, -0.25) is 14.4 Å². The second-order valence-corrected chi connectivity index (χ2v) is 9.74. The molecule has 0 atom stereocenters. The number of rotatable bonds is 9.